The van der Waals surface area contributed by atoms with Crippen LogP contribution in [0.2, 0.25) is 0 Å². The zero-order valence-corrected chi connectivity index (χ0v) is 16.2. The fourth-order valence-electron chi connectivity index (χ4n) is 3.60. The maximum absolute atomic E-state index is 13.6. The highest BCUT2D eigenvalue weighted by Crippen LogP contribution is 2.27. The first kappa shape index (κ1) is 20.3. The van der Waals surface area contributed by atoms with Crippen LogP contribution in [-0.2, 0) is 11.2 Å². The van der Waals surface area contributed by atoms with E-state index in [1.54, 1.807) is 6.07 Å². The third-order valence-corrected chi connectivity index (χ3v) is 4.84. The molecule has 150 valence electrons. The second kappa shape index (κ2) is 9.15. The van der Waals surface area contributed by atoms with Gasteiger partial charge in [0.25, 0.3) is 0 Å². The maximum atomic E-state index is 13.6. The summed E-state index contributed by atoms with van der Waals surface area (Å²) in [7, 11) is 0. The summed E-state index contributed by atoms with van der Waals surface area (Å²) in [6.07, 6.45) is 1.04. The third kappa shape index (κ3) is 5.29. The van der Waals surface area contributed by atoms with E-state index in [9.17, 15) is 13.6 Å². The highest BCUT2D eigenvalue weighted by atomic mass is 19.2. The van der Waals surface area contributed by atoms with Gasteiger partial charge in [0.2, 0.25) is 5.91 Å². The van der Waals surface area contributed by atoms with Crippen molar-refractivity contribution in [1.29, 1.82) is 0 Å². The van der Waals surface area contributed by atoms with Crippen LogP contribution in [0, 0.1) is 11.6 Å². The lowest BCUT2D eigenvalue weighted by Gasteiger charge is -2.33. The Morgan fingerprint density at radius 2 is 2.04 bits per heavy atom. The summed E-state index contributed by atoms with van der Waals surface area (Å²) < 4.78 is 32.6. The first-order valence-corrected chi connectivity index (χ1v) is 9.63. The maximum Gasteiger partial charge on any atom is 0.224 e. The Morgan fingerprint density at radius 1 is 1.21 bits per heavy atom. The largest absolute Gasteiger partial charge is 0.491 e. The molecule has 2 aromatic carbocycles. The summed E-state index contributed by atoms with van der Waals surface area (Å²) in [5.41, 5.74) is 1.57. The number of rotatable bonds is 6. The van der Waals surface area contributed by atoms with Gasteiger partial charge in [0.05, 0.1) is 12.5 Å². The van der Waals surface area contributed by atoms with Crippen LogP contribution >= 0.6 is 0 Å². The predicted molar refractivity (Wildman–Crippen MR) is 104 cm³/mol. The monoisotopic (exact) mass is 388 g/mol. The molecule has 0 aromatic heterocycles. The number of carbonyl (C=O) groups excluding carboxylic acids is 1. The minimum absolute atomic E-state index is 0.0593. The Labute approximate surface area is 164 Å². The number of ether oxygens (including phenoxy) is 1. The molecule has 2 N–H and O–H groups in total. The van der Waals surface area contributed by atoms with Crippen LogP contribution in [0.3, 0.4) is 0 Å². The van der Waals surface area contributed by atoms with Crippen LogP contribution < -0.4 is 15.4 Å². The zero-order chi connectivity index (χ0) is 20.1. The summed E-state index contributed by atoms with van der Waals surface area (Å²) in [5.74, 6) is -1.15. The van der Waals surface area contributed by atoms with Crippen molar-refractivity contribution in [2.24, 2.45) is 0 Å². The Bertz CT molecular complexity index is 826. The molecule has 2 unspecified atom stereocenters. The zero-order valence-electron chi connectivity index (χ0n) is 16.2. The average molecular weight is 388 g/mol. The highest BCUT2D eigenvalue weighted by molar-refractivity contribution is 5.79. The topological polar surface area (TPSA) is 50.4 Å². The predicted octanol–water partition coefficient (Wildman–Crippen LogP) is 3.56. The van der Waals surface area contributed by atoms with Gasteiger partial charge in [-0.15, -0.1) is 0 Å². The van der Waals surface area contributed by atoms with E-state index in [-0.39, 0.29) is 30.4 Å². The number of piperidine rings is 1. The van der Waals surface area contributed by atoms with Crippen LogP contribution in [0.4, 0.5) is 8.78 Å². The van der Waals surface area contributed by atoms with E-state index in [4.69, 9.17) is 4.74 Å². The molecule has 0 radical (unpaired) electrons. The summed E-state index contributed by atoms with van der Waals surface area (Å²) in [5, 5.41) is 6.31. The van der Waals surface area contributed by atoms with Gasteiger partial charge in [-0.3, -0.25) is 4.79 Å². The molecule has 3 rings (SSSR count). The minimum atomic E-state index is -0.859. The van der Waals surface area contributed by atoms with E-state index in [2.05, 4.69) is 10.6 Å². The highest BCUT2D eigenvalue weighted by Gasteiger charge is 2.28. The Hall–Kier alpha value is -2.47. The molecular weight excluding hydrogens is 362 g/mol. The van der Waals surface area contributed by atoms with Gasteiger partial charge in [-0.05, 0) is 62.2 Å². The number of halogens is 2. The van der Waals surface area contributed by atoms with Crippen molar-refractivity contribution in [2.75, 3.05) is 13.1 Å². The van der Waals surface area contributed by atoms with Crippen molar-refractivity contribution >= 4 is 5.91 Å². The van der Waals surface area contributed by atoms with E-state index in [1.807, 2.05) is 38.1 Å². The van der Waals surface area contributed by atoms with Crippen LogP contribution in [0.25, 0.3) is 0 Å². The lowest BCUT2D eigenvalue weighted by molar-refractivity contribution is -0.121. The molecule has 1 heterocycles. The molecule has 0 bridgehead atoms. The van der Waals surface area contributed by atoms with Gasteiger partial charge < -0.3 is 15.4 Å². The molecule has 1 aliphatic heterocycles. The minimum Gasteiger partial charge on any atom is -0.491 e. The number of hydrogen-bond donors (Lipinski definition) is 2. The molecule has 4 nitrogen and oxygen atoms in total. The normalized spacial score (nSPS) is 19.5. The van der Waals surface area contributed by atoms with Gasteiger partial charge in [0, 0.05) is 18.5 Å². The number of amides is 1. The summed E-state index contributed by atoms with van der Waals surface area (Å²) in [6, 6.07) is 11.3. The molecule has 2 atom stereocenters. The van der Waals surface area contributed by atoms with Crippen molar-refractivity contribution in [3.05, 3.63) is 65.2 Å². The number of carbonyl (C=O) groups is 1. The fourth-order valence-corrected chi connectivity index (χ4v) is 3.60. The molecule has 2 aromatic rings. The molecule has 0 saturated carbocycles. The SMILES string of the molecule is CC(C)Oc1cccc(CC(=O)NC2CNCCC2c2ccc(F)c(F)c2)c1. The van der Waals surface area contributed by atoms with Crippen LogP contribution in [0.5, 0.6) is 5.75 Å². The summed E-state index contributed by atoms with van der Waals surface area (Å²) >= 11 is 0. The number of benzene rings is 2. The smallest absolute Gasteiger partial charge is 0.224 e. The Morgan fingerprint density at radius 3 is 2.79 bits per heavy atom. The third-order valence-electron chi connectivity index (χ3n) is 4.84. The van der Waals surface area contributed by atoms with Crippen LogP contribution in [0.15, 0.2) is 42.5 Å². The van der Waals surface area contributed by atoms with Gasteiger partial charge >= 0.3 is 0 Å². The van der Waals surface area contributed by atoms with Gasteiger partial charge in [-0.1, -0.05) is 18.2 Å². The van der Waals surface area contributed by atoms with E-state index in [0.29, 0.717) is 12.1 Å². The standard InChI is InChI=1S/C22H26F2N2O2/c1-14(2)28-17-5-3-4-15(10-17)11-22(27)26-21-13-25-9-8-18(21)16-6-7-19(23)20(24)12-16/h3-7,10,12,14,18,21,25H,8-9,11,13H2,1-2H3,(H,26,27). The lowest BCUT2D eigenvalue weighted by atomic mass is 9.86. The van der Waals surface area contributed by atoms with Crippen molar-refractivity contribution in [1.82, 2.24) is 10.6 Å². The molecule has 28 heavy (non-hydrogen) atoms. The molecular formula is C22H26F2N2O2. The van der Waals surface area contributed by atoms with Gasteiger partial charge in [0.15, 0.2) is 11.6 Å². The van der Waals surface area contributed by atoms with E-state index in [0.717, 1.165) is 30.3 Å². The Balaban J connectivity index is 1.67. The fraction of sp³-hybridized carbons (Fsp3) is 0.409. The van der Waals surface area contributed by atoms with Gasteiger partial charge in [-0.2, -0.15) is 0 Å². The van der Waals surface area contributed by atoms with E-state index < -0.39 is 11.6 Å². The van der Waals surface area contributed by atoms with Crippen molar-refractivity contribution in [3.8, 4) is 5.75 Å². The molecule has 0 aliphatic carbocycles. The molecule has 6 heteroatoms. The summed E-state index contributed by atoms with van der Waals surface area (Å²) in [4.78, 5) is 12.6. The summed E-state index contributed by atoms with van der Waals surface area (Å²) in [6.45, 7) is 5.26. The van der Waals surface area contributed by atoms with E-state index >= 15 is 0 Å². The molecule has 1 aliphatic rings. The van der Waals surface area contributed by atoms with Crippen LogP contribution in [0.1, 0.15) is 37.3 Å². The number of hydrogen-bond acceptors (Lipinski definition) is 3. The van der Waals surface area contributed by atoms with Crippen LogP contribution in [-0.4, -0.2) is 31.1 Å². The van der Waals surface area contributed by atoms with Crippen molar-refractivity contribution in [3.63, 3.8) is 0 Å². The Kier molecular flexibility index (Phi) is 6.62. The second-order valence-electron chi connectivity index (χ2n) is 7.44. The quantitative estimate of drug-likeness (QED) is 0.796. The van der Waals surface area contributed by atoms with Gasteiger partial charge in [-0.25, -0.2) is 8.78 Å². The van der Waals surface area contributed by atoms with E-state index in [1.165, 1.54) is 6.07 Å². The number of nitrogens with one attached hydrogen (secondary N) is 2. The molecule has 1 fully saturated rings. The first-order valence-electron chi connectivity index (χ1n) is 9.63. The molecule has 0 spiro atoms. The average Bonchev–Trinajstić information content (AvgIpc) is 2.64. The van der Waals surface area contributed by atoms with Crippen molar-refractivity contribution in [2.45, 2.75) is 44.8 Å². The molecule has 1 saturated heterocycles. The van der Waals surface area contributed by atoms with Gasteiger partial charge in [0.1, 0.15) is 5.75 Å². The second-order valence-corrected chi connectivity index (χ2v) is 7.44. The lowest BCUT2D eigenvalue weighted by Crippen LogP contribution is -2.50. The first-order chi connectivity index (χ1) is 13.4. The molecule has 1 amide bonds. The van der Waals surface area contributed by atoms with Crippen molar-refractivity contribution < 1.29 is 18.3 Å².